The van der Waals surface area contributed by atoms with Crippen LogP contribution in [0.5, 0.6) is 0 Å². The lowest BCUT2D eigenvalue weighted by Crippen LogP contribution is -2.28. The molecule has 0 aromatic heterocycles. The number of nitrogens with two attached hydrogens (primary N) is 1. The van der Waals surface area contributed by atoms with Crippen LogP contribution in [-0.4, -0.2) is 34.6 Å². The molecular formula is C11H16ClFN2O4S. The summed E-state index contributed by atoms with van der Waals surface area (Å²) in [7, 11) is -2.87. The zero-order valence-electron chi connectivity index (χ0n) is 10.8. The number of carbonyl (C=O) groups is 1. The second-order valence-electron chi connectivity index (χ2n) is 3.67. The van der Waals surface area contributed by atoms with Crippen molar-refractivity contribution in [3.63, 3.8) is 0 Å². The molecule has 1 rings (SSSR count). The van der Waals surface area contributed by atoms with Gasteiger partial charge >= 0.3 is 5.97 Å². The van der Waals surface area contributed by atoms with E-state index in [2.05, 4.69) is 9.46 Å². The number of nitrogens with one attached hydrogen (secondary N) is 1. The van der Waals surface area contributed by atoms with E-state index in [1.165, 1.54) is 0 Å². The quantitative estimate of drug-likeness (QED) is 0.591. The predicted molar refractivity (Wildman–Crippen MR) is 73.8 cm³/mol. The van der Waals surface area contributed by atoms with Gasteiger partial charge in [-0.1, -0.05) is 0 Å². The Kier molecular flexibility index (Phi) is 7.66. The summed E-state index contributed by atoms with van der Waals surface area (Å²) in [5.41, 5.74) is 5.03. The first-order chi connectivity index (χ1) is 8.92. The highest BCUT2D eigenvalue weighted by Crippen LogP contribution is 2.18. The highest BCUT2D eigenvalue weighted by molar-refractivity contribution is 7.89. The summed E-state index contributed by atoms with van der Waals surface area (Å²) in [6.45, 7) is 0.422. The van der Waals surface area contributed by atoms with Gasteiger partial charge in [0.2, 0.25) is 10.0 Å². The molecule has 0 fully saturated rings. The van der Waals surface area contributed by atoms with Crippen molar-refractivity contribution in [3.8, 4) is 0 Å². The molecule has 0 aliphatic carbocycles. The Bertz CT molecular complexity index is 566. The highest BCUT2D eigenvalue weighted by Gasteiger charge is 2.23. The largest absolute Gasteiger partial charge is 0.465 e. The Morgan fingerprint density at radius 3 is 2.65 bits per heavy atom. The lowest BCUT2D eigenvalue weighted by molar-refractivity contribution is 0.0596. The first-order valence-electron chi connectivity index (χ1n) is 5.50. The molecule has 0 aliphatic rings. The highest BCUT2D eigenvalue weighted by atomic mass is 35.5. The number of sulfonamides is 1. The summed E-state index contributed by atoms with van der Waals surface area (Å²) in [5, 5.41) is 0. The van der Waals surface area contributed by atoms with E-state index in [9.17, 15) is 17.6 Å². The van der Waals surface area contributed by atoms with Gasteiger partial charge in [0.05, 0.1) is 17.6 Å². The van der Waals surface area contributed by atoms with Crippen LogP contribution in [-0.2, 0) is 14.8 Å². The molecule has 0 radical (unpaired) electrons. The van der Waals surface area contributed by atoms with Gasteiger partial charge in [0.15, 0.2) is 0 Å². The molecule has 6 nitrogen and oxygen atoms in total. The van der Waals surface area contributed by atoms with Crippen molar-refractivity contribution in [1.29, 1.82) is 0 Å². The molecule has 0 amide bonds. The number of halogens is 2. The summed E-state index contributed by atoms with van der Waals surface area (Å²) in [6.07, 6.45) is 0.433. The summed E-state index contributed by atoms with van der Waals surface area (Å²) >= 11 is 0. The number of hydrogen-bond donors (Lipinski definition) is 2. The van der Waals surface area contributed by atoms with E-state index in [4.69, 9.17) is 5.73 Å². The monoisotopic (exact) mass is 326 g/mol. The van der Waals surface area contributed by atoms with Crippen LogP contribution in [0.1, 0.15) is 16.8 Å². The van der Waals surface area contributed by atoms with E-state index < -0.39 is 26.7 Å². The number of ether oxygens (including phenoxy) is 1. The molecule has 0 aliphatic heterocycles. The van der Waals surface area contributed by atoms with Gasteiger partial charge in [-0.05, 0) is 31.2 Å². The average molecular weight is 327 g/mol. The number of esters is 1. The maximum Gasteiger partial charge on any atom is 0.339 e. The molecule has 0 saturated heterocycles. The molecule has 0 bridgehead atoms. The van der Waals surface area contributed by atoms with Crippen LogP contribution in [0.3, 0.4) is 0 Å². The van der Waals surface area contributed by atoms with Crippen LogP contribution in [0, 0.1) is 5.82 Å². The van der Waals surface area contributed by atoms with E-state index in [0.29, 0.717) is 13.0 Å². The lowest BCUT2D eigenvalue weighted by atomic mass is 10.2. The molecule has 0 saturated carbocycles. The summed E-state index contributed by atoms with van der Waals surface area (Å²) < 4.78 is 43.8. The molecule has 0 heterocycles. The van der Waals surface area contributed by atoms with Crippen LogP contribution in [0.4, 0.5) is 4.39 Å². The van der Waals surface area contributed by atoms with Crippen molar-refractivity contribution >= 4 is 28.4 Å². The van der Waals surface area contributed by atoms with Gasteiger partial charge in [-0.3, -0.25) is 0 Å². The molecule has 1 aromatic rings. The molecule has 0 atom stereocenters. The minimum Gasteiger partial charge on any atom is -0.465 e. The summed E-state index contributed by atoms with van der Waals surface area (Å²) in [5.74, 6) is -1.61. The van der Waals surface area contributed by atoms with Crippen LogP contribution in [0.25, 0.3) is 0 Å². The van der Waals surface area contributed by atoms with E-state index in [1.54, 1.807) is 0 Å². The normalized spacial score (nSPS) is 10.8. The van der Waals surface area contributed by atoms with Gasteiger partial charge in [0.25, 0.3) is 0 Å². The predicted octanol–water partition coefficient (Wildman–Crippen LogP) is 0.661. The Morgan fingerprint density at radius 1 is 1.45 bits per heavy atom. The van der Waals surface area contributed by atoms with E-state index >= 15 is 0 Å². The zero-order valence-corrected chi connectivity index (χ0v) is 12.4. The molecule has 9 heteroatoms. The van der Waals surface area contributed by atoms with E-state index in [0.717, 1.165) is 25.3 Å². The fraction of sp³-hybridized carbons (Fsp3) is 0.364. The maximum absolute atomic E-state index is 13.2. The fourth-order valence-corrected chi connectivity index (χ4v) is 2.66. The first-order valence-corrected chi connectivity index (χ1v) is 6.98. The molecule has 20 heavy (non-hydrogen) atoms. The second kappa shape index (κ2) is 8.15. The zero-order chi connectivity index (χ0) is 14.5. The van der Waals surface area contributed by atoms with Crippen molar-refractivity contribution in [2.24, 2.45) is 5.73 Å². The van der Waals surface area contributed by atoms with Crippen molar-refractivity contribution in [1.82, 2.24) is 4.72 Å². The van der Waals surface area contributed by atoms with Crippen molar-refractivity contribution < 1.29 is 22.3 Å². The van der Waals surface area contributed by atoms with Crippen molar-refractivity contribution in [2.75, 3.05) is 20.2 Å². The van der Waals surface area contributed by atoms with Crippen LogP contribution in [0.15, 0.2) is 23.1 Å². The van der Waals surface area contributed by atoms with Gasteiger partial charge in [-0.2, -0.15) is 0 Å². The molecule has 114 valence electrons. The maximum atomic E-state index is 13.2. The Morgan fingerprint density at radius 2 is 2.10 bits per heavy atom. The second-order valence-corrected chi connectivity index (χ2v) is 5.41. The number of benzene rings is 1. The average Bonchev–Trinajstić information content (AvgIpc) is 2.38. The van der Waals surface area contributed by atoms with Crippen LogP contribution < -0.4 is 10.5 Å². The first kappa shape index (κ1) is 18.8. The molecule has 1 aromatic carbocycles. The minimum absolute atomic E-state index is 0. The third kappa shape index (κ3) is 4.71. The van der Waals surface area contributed by atoms with Crippen molar-refractivity contribution in [3.05, 3.63) is 29.6 Å². The topological polar surface area (TPSA) is 98.5 Å². The van der Waals surface area contributed by atoms with Gasteiger partial charge in [-0.25, -0.2) is 22.3 Å². The standard InChI is InChI=1S/C11H15FN2O4S.ClH/c1-18-11(15)9-4-3-8(12)7-10(9)19(16,17)14-6-2-5-13;/h3-4,7,14H,2,5-6,13H2,1H3;1H. The summed E-state index contributed by atoms with van der Waals surface area (Å²) in [4.78, 5) is 11.0. The molecule has 0 spiro atoms. The SMILES string of the molecule is COC(=O)c1ccc(F)cc1S(=O)(=O)NCCCN.Cl. The lowest BCUT2D eigenvalue weighted by Gasteiger charge is -2.10. The third-order valence-electron chi connectivity index (χ3n) is 2.31. The van der Waals surface area contributed by atoms with E-state index in [-0.39, 0.29) is 24.5 Å². The molecular weight excluding hydrogens is 311 g/mol. The van der Waals surface area contributed by atoms with E-state index in [1.807, 2.05) is 0 Å². The van der Waals surface area contributed by atoms with Gasteiger partial charge in [0.1, 0.15) is 5.82 Å². The summed E-state index contributed by atoms with van der Waals surface area (Å²) in [6, 6.07) is 2.83. The smallest absolute Gasteiger partial charge is 0.339 e. The van der Waals surface area contributed by atoms with Crippen LogP contribution >= 0.6 is 12.4 Å². The number of carbonyl (C=O) groups excluding carboxylic acids is 1. The van der Waals surface area contributed by atoms with Gasteiger partial charge in [-0.15, -0.1) is 12.4 Å². The number of rotatable bonds is 6. The fourth-order valence-electron chi connectivity index (χ4n) is 1.38. The minimum atomic E-state index is -3.99. The molecule has 3 N–H and O–H groups in total. The Balaban J connectivity index is 0.00000361. The van der Waals surface area contributed by atoms with Crippen molar-refractivity contribution in [2.45, 2.75) is 11.3 Å². The Hall–Kier alpha value is -1.22. The van der Waals surface area contributed by atoms with Gasteiger partial charge < -0.3 is 10.5 Å². The van der Waals surface area contributed by atoms with Gasteiger partial charge in [0, 0.05) is 6.54 Å². The molecule has 0 unspecified atom stereocenters. The number of hydrogen-bond acceptors (Lipinski definition) is 5. The van der Waals surface area contributed by atoms with Crippen LogP contribution in [0.2, 0.25) is 0 Å². The number of methoxy groups -OCH3 is 1. The third-order valence-corrected chi connectivity index (χ3v) is 3.81. The Labute approximate surface area is 123 Å².